The molecule has 1 fully saturated rings. The van der Waals surface area contributed by atoms with Crippen LogP contribution >= 0.6 is 23.2 Å². The van der Waals surface area contributed by atoms with E-state index in [1.165, 1.54) is 19.2 Å². The average Bonchev–Trinajstić information content (AvgIpc) is 2.87. The normalized spacial score (nSPS) is 21.3. The van der Waals surface area contributed by atoms with E-state index in [0.717, 1.165) is 11.1 Å². The van der Waals surface area contributed by atoms with Crippen LogP contribution in [-0.4, -0.2) is 24.8 Å². The fourth-order valence-electron chi connectivity index (χ4n) is 4.84. The second-order valence-corrected chi connectivity index (χ2v) is 9.93. The zero-order valence-electron chi connectivity index (χ0n) is 20.4. The average molecular weight is 545 g/mol. The molecule has 0 radical (unpaired) electrons. The topological polar surface area (TPSA) is 65.0 Å². The van der Waals surface area contributed by atoms with Crippen molar-refractivity contribution >= 4 is 29.2 Å². The molecule has 5 nitrogen and oxygen atoms in total. The van der Waals surface area contributed by atoms with Crippen LogP contribution in [0.4, 0.5) is 4.39 Å². The Labute approximate surface area is 225 Å². The number of hydrogen-bond acceptors (Lipinski definition) is 4. The minimum absolute atomic E-state index is 0.138. The van der Waals surface area contributed by atoms with Gasteiger partial charge in [-0.05, 0) is 54.8 Å². The first-order valence-corrected chi connectivity index (χ1v) is 12.5. The molecule has 3 aromatic carbocycles. The van der Waals surface area contributed by atoms with Gasteiger partial charge in [-0.15, -0.1) is 0 Å². The molecule has 3 aromatic rings. The molecular formula is C29H27Cl2FO5. The minimum Gasteiger partial charge on any atom is -0.497 e. The number of aliphatic carboxylic acids is 1. The van der Waals surface area contributed by atoms with Crippen LogP contribution in [0.5, 0.6) is 11.5 Å². The van der Waals surface area contributed by atoms with Gasteiger partial charge in [0.05, 0.1) is 24.3 Å². The third-order valence-electron chi connectivity index (χ3n) is 6.57. The summed E-state index contributed by atoms with van der Waals surface area (Å²) in [5.74, 6) is -1.18. The lowest BCUT2D eigenvalue weighted by atomic mass is 9.74. The lowest BCUT2D eigenvalue weighted by Gasteiger charge is -2.43. The molecule has 0 spiro atoms. The number of benzene rings is 3. The molecule has 1 saturated heterocycles. The molecular weight excluding hydrogens is 518 g/mol. The quantitative estimate of drug-likeness (QED) is 0.293. The standard InChI is InChI=1S/C29H27Cl2FO5/c1-16(2)22-14-23(17-7-9-19(30)10-8-17)27(18-5-4-6-20(32)11-18)37-28(22)24-12-21(35-3)13-25(31)29(24)36-15-26(33)34/h4-13,22-23,27-28H,1,14-15H2,2-3H3,(H,33,34)/t22-,23-,27+,28+/m1/s1. The van der Waals surface area contributed by atoms with Gasteiger partial charge in [0.25, 0.3) is 0 Å². The Hall–Kier alpha value is -3.06. The fourth-order valence-corrected chi connectivity index (χ4v) is 5.23. The Morgan fingerprint density at radius 2 is 1.84 bits per heavy atom. The highest BCUT2D eigenvalue weighted by molar-refractivity contribution is 6.32. The highest BCUT2D eigenvalue weighted by Gasteiger charge is 2.42. The predicted octanol–water partition coefficient (Wildman–Crippen LogP) is 7.78. The van der Waals surface area contributed by atoms with Crippen LogP contribution in [0.1, 0.15) is 48.2 Å². The van der Waals surface area contributed by atoms with Gasteiger partial charge < -0.3 is 19.3 Å². The van der Waals surface area contributed by atoms with Crippen molar-refractivity contribution in [1.29, 1.82) is 0 Å². The highest BCUT2D eigenvalue weighted by Crippen LogP contribution is 2.54. The maximum atomic E-state index is 14.3. The van der Waals surface area contributed by atoms with E-state index in [0.29, 0.717) is 28.3 Å². The number of halogens is 3. The fraction of sp³-hybridized carbons (Fsp3) is 0.276. The molecule has 0 aromatic heterocycles. The third kappa shape index (κ3) is 6.09. The lowest BCUT2D eigenvalue weighted by molar-refractivity contribution is -0.139. The van der Waals surface area contributed by atoms with Crippen molar-refractivity contribution < 1.29 is 28.5 Å². The summed E-state index contributed by atoms with van der Waals surface area (Å²) in [7, 11) is 1.51. The van der Waals surface area contributed by atoms with E-state index in [1.54, 1.807) is 18.2 Å². The first kappa shape index (κ1) is 27.0. The van der Waals surface area contributed by atoms with E-state index in [2.05, 4.69) is 6.58 Å². The molecule has 8 heteroatoms. The number of rotatable bonds is 8. The summed E-state index contributed by atoms with van der Waals surface area (Å²) >= 11 is 12.7. The molecule has 0 saturated carbocycles. The first-order valence-electron chi connectivity index (χ1n) is 11.7. The van der Waals surface area contributed by atoms with Crippen LogP contribution in [0.3, 0.4) is 0 Å². The van der Waals surface area contributed by atoms with Crippen molar-refractivity contribution in [3.05, 3.63) is 105 Å². The van der Waals surface area contributed by atoms with Crippen molar-refractivity contribution in [2.75, 3.05) is 13.7 Å². The van der Waals surface area contributed by atoms with Crippen LogP contribution in [0, 0.1) is 11.7 Å². The molecule has 37 heavy (non-hydrogen) atoms. The van der Waals surface area contributed by atoms with Crippen molar-refractivity contribution in [3.63, 3.8) is 0 Å². The summed E-state index contributed by atoms with van der Waals surface area (Å²) in [4.78, 5) is 11.3. The number of methoxy groups -OCH3 is 1. The van der Waals surface area contributed by atoms with Gasteiger partial charge in [0.1, 0.15) is 17.3 Å². The van der Waals surface area contributed by atoms with Crippen molar-refractivity contribution in [2.45, 2.75) is 31.5 Å². The van der Waals surface area contributed by atoms with E-state index >= 15 is 0 Å². The van der Waals surface area contributed by atoms with Crippen LogP contribution in [0.15, 0.2) is 72.8 Å². The zero-order chi connectivity index (χ0) is 26.7. The summed E-state index contributed by atoms with van der Waals surface area (Å²) in [5.41, 5.74) is 3.07. The molecule has 0 unspecified atom stereocenters. The second-order valence-electron chi connectivity index (χ2n) is 9.09. The molecule has 1 aliphatic heterocycles. The SMILES string of the molecule is C=C(C)[C@H]1C[C@H](c2ccc(Cl)cc2)[C@H](c2cccc(F)c2)O[C@@H]1c1cc(OC)cc(Cl)c1OCC(=O)O. The number of ether oxygens (including phenoxy) is 3. The number of carbonyl (C=O) groups is 1. The van der Waals surface area contributed by atoms with E-state index in [1.807, 2.05) is 37.3 Å². The maximum Gasteiger partial charge on any atom is 0.341 e. The van der Waals surface area contributed by atoms with Crippen LogP contribution in [0.25, 0.3) is 0 Å². The van der Waals surface area contributed by atoms with E-state index in [-0.39, 0.29) is 28.4 Å². The summed E-state index contributed by atoms with van der Waals surface area (Å²) < 4.78 is 32.2. The molecule has 1 N–H and O–H groups in total. The smallest absolute Gasteiger partial charge is 0.341 e. The summed E-state index contributed by atoms with van der Waals surface area (Å²) in [6.07, 6.45) is -0.531. The van der Waals surface area contributed by atoms with E-state index in [4.69, 9.17) is 37.4 Å². The van der Waals surface area contributed by atoms with Crippen molar-refractivity contribution in [3.8, 4) is 11.5 Å². The van der Waals surface area contributed by atoms with Gasteiger partial charge in [-0.3, -0.25) is 0 Å². The second kappa shape index (κ2) is 11.5. The largest absolute Gasteiger partial charge is 0.497 e. The third-order valence-corrected chi connectivity index (χ3v) is 7.10. The zero-order valence-corrected chi connectivity index (χ0v) is 21.9. The Bertz CT molecular complexity index is 1290. The molecule has 194 valence electrons. The summed E-state index contributed by atoms with van der Waals surface area (Å²) in [6.45, 7) is 5.56. The van der Waals surface area contributed by atoms with Crippen LogP contribution < -0.4 is 9.47 Å². The van der Waals surface area contributed by atoms with Gasteiger partial charge in [-0.2, -0.15) is 0 Å². The Morgan fingerprint density at radius 1 is 1.11 bits per heavy atom. The van der Waals surface area contributed by atoms with Gasteiger partial charge in [0.15, 0.2) is 6.61 Å². The highest BCUT2D eigenvalue weighted by atomic mass is 35.5. The molecule has 4 atom stereocenters. The molecule has 4 rings (SSSR count). The molecule has 0 aliphatic carbocycles. The molecule has 0 amide bonds. The molecule has 0 bridgehead atoms. The van der Waals surface area contributed by atoms with Gasteiger partial charge in [-0.25, -0.2) is 9.18 Å². The van der Waals surface area contributed by atoms with Crippen molar-refractivity contribution in [2.24, 2.45) is 5.92 Å². The number of hydrogen-bond donors (Lipinski definition) is 1. The predicted molar refractivity (Wildman–Crippen MR) is 141 cm³/mol. The first-order chi connectivity index (χ1) is 17.7. The minimum atomic E-state index is -1.14. The van der Waals surface area contributed by atoms with Crippen LogP contribution in [0.2, 0.25) is 10.0 Å². The Kier molecular flexibility index (Phi) is 8.42. The van der Waals surface area contributed by atoms with Gasteiger partial charge in [0, 0.05) is 28.5 Å². The Morgan fingerprint density at radius 3 is 2.46 bits per heavy atom. The summed E-state index contributed by atoms with van der Waals surface area (Å²) in [5, 5.41) is 10.0. The maximum absolute atomic E-state index is 14.3. The van der Waals surface area contributed by atoms with Crippen LogP contribution in [-0.2, 0) is 9.53 Å². The van der Waals surface area contributed by atoms with Gasteiger partial charge in [-0.1, -0.05) is 59.6 Å². The van der Waals surface area contributed by atoms with E-state index in [9.17, 15) is 14.3 Å². The lowest BCUT2D eigenvalue weighted by Crippen LogP contribution is -2.32. The number of carboxylic acid groups (broad SMARTS) is 1. The number of carboxylic acids is 1. The Balaban J connectivity index is 1.85. The molecule has 1 aliphatic rings. The summed E-state index contributed by atoms with van der Waals surface area (Å²) in [6, 6.07) is 17.2. The van der Waals surface area contributed by atoms with Crippen molar-refractivity contribution in [1.82, 2.24) is 0 Å². The van der Waals surface area contributed by atoms with Gasteiger partial charge in [0.2, 0.25) is 0 Å². The van der Waals surface area contributed by atoms with Gasteiger partial charge >= 0.3 is 5.97 Å². The monoisotopic (exact) mass is 544 g/mol. The van der Waals surface area contributed by atoms with E-state index < -0.39 is 24.8 Å². The molecule has 1 heterocycles.